The second-order valence-corrected chi connectivity index (χ2v) is 5.46. The molecule has 0 spiro atoms. The molecular weight excluding hydrogens is 210 g/mol. The maximum Gasteiger partial charge on any atom is 0.144 e. The molecule has 0 bridgehead atoms. The van der Waals surface area contributed by atoms with Gasteiger partial charge in [0.15, 0.2) is 0 Å². The second-order valence-electron chi connectivity index (χ2n) is 5.46. The standard InChI is InChI=1S/C14H25N3/c1-9(2)13(10(3)4)7-16-14-8-15-11(5)12(6)17-14/h8-10,13H,7H2,1-6H3,(H,16,17). The number of aryl methyl sites for hydroxylation is 2. The van der Waals surface area contributed by atoms with Crippen molar-refractivity contribution < 1.29 is 0 Å². The summed E-state index contributed by atoms with van der Waals surface area (Å²) in [5, 5.41) is 3.40. The van der Waals surface area contributed by atoms with E-state index in [2.05, 4.69) is 43.0 Å². The zero-order valence-electron chi connectivity index (χ0n) is 11.9. The Morgan fingerprint density at radius 2 is 1.65 bits per heavy atom. The van der Waals surface area contributed by atoms with Gasteiger partial charge in [-0.1, -0.05) is 27.7 Å². The van der Waals surface area contributed by atoms with Gasteiger partial charge >= 0.3 is 0 Å². The predicted octanol–water partition coefficient (Wildman–Crippen LogP) is 3.43. The van der Waals surface area contributed by atoms with E-state index in [0.29, 0.717) is 17.8 Å². The molecule has 0 amide bonds. The summed E-state index contributed by atoms with van der Waals surface area (Å²) in [5.41, 5.74) is 2.00. The molecule has 1 aromatic rings. The first-order chi connectivity index (χ1) is 7.91. The molecule has 3 nitrogen and oxygen atoms in total. The lowest BCUT2D eigenvalue weighted by atomic mass is 9.85. The molecule has 0 aliphatic heterocycles. The Hall–Kier alpha value is -1.12. The zero-order valence-corrected chi connectivity index (χ0v) is 11.9. The summed E-state index contributed by atoms with van der Waals surface area (Å²) in [6.07, 6.45) is 1.82. The highest BCUT2D eigenvalue weighted by Crippen LogP contribution is 2.20. The van der Waals surface area contributed by atoms with Gasteiger partial charge < -0.3 is 5.32 Å². The summed E-state index contributed by atoms with van der Waals surface area (Å²) in [7, 11) is 0. The smallest absolute Gasteiger partial charge is 0.144 e. The van der Waals surface area contributed by atoms with E-state index in [-0.39, 0.29) is 0 Å². The summed E-state index contributed by atoms with van der Waals surface area (Å²) in [4.78, 5) is 8.81. The Kier molecular flexibility index (Phi) is 4.91. The zero-order chi connectivity index (χ0) is 13.0. The van der Waals surface area contributed by atoms with Crippen molar-refractivity contribution in [1.29, 1.82) is 0 Å². The van der Waals surface area contributed by atoms with Crippen molar-refractivity contribution >= 4 is 5.82 Å². The lowest BCUT2D eigenvalue weighted by Gasteiger charge is -2.25. The third-order valence-corrected chi connectivity index (χ3v) is 3.42. The van der Waals surface area contributed by atoms with Gasteiger partial charge in [0.2, 0.25) is 0 Å². The van der Waals surface area contributed by atoms with E-state index < -0.39 is 0 Å². The van der Waals surface area contributed by atoms with Crippen molar-refractivity contribution in [2.24, 2.45) is 17.8 Å². The number of hydrogen-bond donors (Lipinski definition) is 1. The first kappa shape index (κ1) is 13.9. The third kappa shape index (κ3) is 3.99. The van der Waals surface area contributed by atoms with Crippen LogP contribution in [0.25, 0.3) is 0 Å². The Balaban J connectivity index is 2.62. The quantitative estimate of drug-likeness (QED) is 0.849. The maximum atomic E-state index is 4.49. The van der Waals surface area contributed by atoms with E-state index in [1.165, 1.54) is 0 Å². The predicted molar refractivity (Wildman–Crippen MR) is 73.2 cm³/mol. The highest BCUT2D eigenvalue weighted by molar-refractivity contribution is 5.33. The van der Waals surface area contributed by atoms with E-state index >= 15 is 0 Å². The second kappa shape index (κ2) is 5.99. The van der Waals surface area contributed by atoms with Crippen LogP contribution in [-0.2, 0) is 0 Å². The molecule has 3 heteroatoms. The van der Waals surface area contributed by atoms with Crippen LogP contribution in [0, 0.1) is 31.6 Å². The summed E-state index contributed by atoms with van der Waals surface area (Å²) in [5.74, 6) is 2.92. The number of hydrogen-bond acceptors (Lipinski definition) is 3. The van der Waals surface area contributed by atoms with E-state index in [0.717, 1.165) is 23.8 Å². The average molecular weight is 235 g/mol. The Labute approximate surface area is 105 Å². The van der Waals surface area contributed by atoms with Crippen LogP contribution in [0.4, 0.5) is 5.82 Å². The molecule has 96 valence electrons. The van der Waals surface area contributed by atoms with Crippen LogP contribution in [-0.4, -0.2) is 16.5 Å². The molecule has 17 heavy (non-hydrogen) atoms. The molecule has 0 aliphatic rings. The van der Waals surface area contributed by atoms with E-state index in [1.807, 2.05) is 20.0 Å². The molecule has 0 fully saturated rings. The monoisotopic (exact) mass is 235 g/mol. The van der Waals surface area contributed by atoms with Crippen LogP contribution in [0.1, 0.15) is 39.1 Å². The fraction of sp³-hybridized carbons (Fsp3) is 0.714. The number of anilines is 1. The van der Waals surface area contributed by atoms with Crippen molar-refractivity contribution in [3.8, 4) is 0 Å². The van der Waals surface area contributed by atoms with Gasteiger partial charge in [-0.15, -0.1) is 0 Å². The first-order valence-corrected chi connectivity index (χ1v) is 6.46. The van der Waals surface area contributed by atoms with Crippen LogP contribution in [0.2, 0.25) is 0 Å². The minimum absolute atomic E-state index is 0.665. The SMILES string of the molecule is Cc1ncc(NCC(C(C)C)C(C)C)nc1C. The largest absolute Gasteiger partial charge is 0.368 e. The highest BCUT2D eigenvalue weighted by atomic mass is 15.0. The number of nitrogens with one attached hydrogen (secondary N) is 1. The number of rotatable bonds is 5. The van der Waals surface area contributed by atoms with Crippen LogP contribution in [0.5, 0.6) is 0 Å². The van der Waals surface area contributed by atoms with Gasteiger partial charge in [0.05, 0.1) is 17.6 Å². The van der Waals surface area contributed by atoms with Crippen LogP contribution in [0.15, 0.2) is 6.20 Å². The number of aromatic nitrogens is 2. The average Bonchev–Trinajstić information content (AvgIpc) is 2.22. The highest BCUT2D eigenvalue weighted by Gasteiger charge is 2.17. The Morgan fingerprint density at radius 1 is 1.06 bits per heavy atom. The molecule has 0 unspecified atom stereocenters. The van der Waals surface area contributed by atoms with E-state index in [9.17, 15) is 0 Å². The van der Waals surface area contributed by atoms with Crippen LogP contribution >= 0.6 is 0 Å². The molecule has 0 atom stereocenters. The van der Waals surface area contributed by atoms with Gasteiger partial charge in [-0.2, -0.15) is 0 Å². The van der Waals surface area contributed by atoms with E-state index in [4.69, 9.17) is 0 Å². The van der Waals surface area contributed by atoms with Crippen LogP contribution in [0.3, 0.4) is 0 Å². The topological polar surface area (TPSA) is 37.8 Å². The molecule has 1 aromatic heterocycles. The fourth-order valence-electron chi connectivity index (χ4n) is 2.09. The normalized spacial score (nSPS) is 11.6. The van der Waals surface area contributed by atoms with Gasteiger partial charge in [0, 0.05) is 6.54 Å². The van der Waals surface area contributed by atoms with Gasteiger partial charge in [-0.25, -0.2) is 4.98 Å². The third-order valence-electron chi connectivity index (χ3n) is 3.42. The number of nitrogens with zero attached hydrogens (tertiary/aromatic N) is 2. The van der Waals surface area contributed by atoms with Gasteiger partial charge in [-0.3, -0.25) is 4.98 Å². The van der Waals surface area contributed by atoms with Gasteiger partial charge in [0.1, 0.15) is 5.82 Å². The molecule has 1 heterocycles. The molecule has 0 saturated carbocycles. The van der Waals surface area contributed by atoms with Crippen molar-refractivity contribution in [3.63, 3.8) is 0 Å². The minimum atomic E-state index is 0.665. The van der Waals surface area contributed by atoms with Crippen molar-refractivity contribution in [1.82, 2.24) is 9.97 Å². The first-order valence-electron chi connectivity index (χ1n) is 6.46. The molecule has 0 aliphatic carbocycles. The lowest BCUT2D eigenvalue weighted by Crippen LogP contribution is -2.25. The van der Waals surface area contributed by atoms with Gasteiger partial charge in [0.25, 0.3) is 0 Å². The lowest BCUT2D eigenvalue weighted by molar-refractivity contribution is 0.304. The molecule has 1 rings (SSSR count). The van der Waals surface area contributed by atoms with Crippen LogP contribution < -0.4 is 5.32 Å². The Morgan fingerprint density at radius 3 is 2.12 bits per heavy atom. The Bertz CT molecular complexity index is 350. The van der Waals surface area contributed by atoms with Gasteiger partial charge in [-0.05, 0) is 31.6 Å². The molecule has 0 radical (unpaired) electrons. The molecular formula is C14H25N3. The maximum absolute atomic E-state index is 4.49. The molecule has 0 saturated heterocycles. The molecule has 0 aromatic carbocycles. The summed E-state index contributed by atoms with van der Waals surface area (Å²) in [6, 6.07) is 0. The van der Waals surface area contributed by atoms with Crippen molar-refractivity contribution in [3.05, 3.63) is 17.6 Å². The summed E-state index contributed by atoms with van der Waals surface area (Å²) in [6.45, 7) is 14.0. The van der Waals surface area contributed by atoms with Crippen molar-refractivity contribution in [2.75, 3.05) is 11.9 Å². The summed E-state index contributed by atoms with van der Waals surface area (Å²) < 4.78 is 0. The minimum Gasteiger partial charge on any atom is -0.368 e. The van der Waals surface area contributed by atoms with E-state index in [1.54, 1.807) is 0 Å². The fourth-order valence-corrected chi connectivity index (χ4v) is 2.09. The molecule has 1 N–H and O–H groups in total. The van der Waals surface area contributed by atoms with Crippen molar-refractivity contribution in [2.45, 2.75) is 41.5 Å². The summed E-state index contributed by atoms with van der Waals surface area (Å²) >= 11 is 0.